The summed E-state index contributed by atoms with van der Waals surface area (Å²) in [5.74, 6) is -0.0513. The first-order valence-electron chi connectivity index (χ1n) is 9.90. The highest BCUT2D eigenvalue weighted by atomic mass is 35.5. The molecule has 0 spiro atoms. The monoisotopic (exact) mass is 408 g/mol. The van der Waals surface area contributed by atoms with E-state index in [1.54, 1.807) is 6.92 Å². The highest BCUT2D eigenvalue weighted by Crippen LogP contribution is 2.32. The molecule has 1 aliphatic heterocycles. The van der Waals surface area contributed by atoms with E-state index in [0.29, 0.717) is 24.5 Å². The molecular weight excluding hydrogens is 376 g/mol. The second-order valence-electron chi connectivity index (χ2n) is 8.39. The van der Waals surface area contributed by atoms with Crippen LogP contribution < -0.4 is 15.5 Å². The minimum atomic E-state index is -1.01. The summed E-state index contributed by atoms with van der Waals surface area (Å²) in [5, 5.41) is 6.52. The van der Waals surface area contributed by atoms with Crippen molar-refractivity contribution in [3.8, 4) is 0 Å². The third-order valence-corrected chi connectivity index (χ3v) is 5.67. The van der Waals surface area contributed by atoms with Crippen LogP contribution in [0.2, 0.25) is 5.02 Å². The number of nitrogens with one attached hydrogen (secondary N) is 2. The van der Waals surface area contributed by atoms with Gasteiger partial charge in [-0.2, -0.15) is 0 Å². The Morgan fingerprint density at radius 1 is 1.21 bits per heavy atom. The summed E-state index contributed by atoms with van der Waals surface area (Å²) >= 11 is 6.03. The molecule has 1 fully saturated rings. The molecule has 0 aromatic heterocycles. The number of halogens is 1. The van der Waals surface area contributed by atoms with Crippen LogP contribution in [0, 0.1) is 0 Å². The number of amides is 2. The van der Waals surface area contributed by atoms with Gasteiger partial charge >= 0.3 is 6.03 Å². The van der Waals surface area contributed by atoms with Crippen molar-refractivity contribution in [2.24, 2.45) is 0 Å². The number of urea groups is 1. The molecule has 2 amide bonds. The molecule has 0 bridgehead atoms. The van der Waals surface area contributed by atoms with Crippen LogP contribution in [-0.4, -0.2) is 53.6 Å². The highest BCUT2D eigenvalue weighted by Gasteiger charge is 2.46. The molecule has 2 N–H and O–H groups in total. The zero-order chi connectivity index (χ0) is 21.1. The van der Waals surface area contributed by atoms with Gasteiger partial charge in [-0.1, -0.05) is 18.5 Å². The predicted octanol–water partition coefficient (Wildman–Crippen LogP) is 3.64. The van der Waals surface area contributed by atoms with Crippen molar-refractivity contribution in [1.82, 2.24) is 15.5 Å². The van der Waals surface area contributed by atoms with Gasteiger partial charge in [-0.25, -0.2) is 4.79 Å². The molecule has 2 rings (SSSR count). The van der Waals surface area contributed by atoms with Gasteiger partial charge in [-0.15, -0.1) is 0 Å². The zero-order valence-electron chi connectivity index (χ0n) is 17.8. The molecule has 156 valence electrons. The lowest BCUT2D eigenvalue weighted by Crippen LogP contribution is -2.72. The van der Waals surface area contributed by atoms with E-state index >= 15 is 0 Å². The van der Waals surface area contributed by atoms with Crippen LogP contribution in [0.25, 0.3) is 0 Å². The lowest BCUT2D eigenvalue weighted by atomic mass is 9.91. The van der Waals surface area contributed by atoms with Crippen molar-refractivity contribution in [2.45, 2.75) is 65.2 Å². The fourth-order valence-electron chi connectivity index (χ4n) is 4.02. The van der Waals surface area contributed by atoms with Crippen molar-refractivity contribution in [3.63, 3.8) is 0 Å². The molecule has 0 aliphatic carbocycles. The van der Waals surface area contributed by atoms with Crippen LogP contribution in [0.1, 0.15) is 48.0 Å². The molecule has 1 heterocycles. The van der Waals surface area contributed by atoms with E-state index < -0.39 is 5.66 Å². The summed E-state index contributed by atoms with van der Waals surface area (Å²) in [7, 11) is 0. The van der Waals surface area contributed by atoms with Crippen molar-refractivity contribution in [2.75, 3.05) is 24.5 Å². The van der Waals surface area contributed by atoms with E-state index in [4.69, 9.17) is 11.6 Å². The number of rotatable bonds is 6. The van der Waals surface area contributed by atoms with Gasteiger partial charge in [0.15, 0.2) is 11.4 Å². The third-order valence-electron chi connectivity index (χ3n) is 5.41. The van der Waals surface area contributed by atoms with Crippen LogP contribution >= 0.6 is 11.6 Å². The minimum absolute atomic E-state index is 0.000271. The van der Waals surface area contributed by atoms with Crippen molar-refractivity contribution in [1.29, 1.82) is 0 Å². The number of hydrogen-bond donors (Lipinski definition) is 2. The van der Waals surface area contributed by atoms with E-state index in [2.05, 4.69) is 34.3 Å². The number of hydrogen-bond acceptors (Lipinski definition) is 4. The molecule has 1 aromatic carbocycles. The Labute approximate surface area is 173 Å². The maximum absolute atomic E-state index is 12.7. The Morgan fingerprint density at radius 2 is 1.82 bits per heavy atom. The number of carbonyl (C=O) groups is 2. The molecule has 0 saturated carbocycles. The molecule has 0 radical (unpaired) electrons. The first-order chi connectivity index (χ1) is 13.0. The number of Topliss-reactive ketones (excluding diaryl/α,β-unsaturated/α-hetero) is 1. The maximum Gasteiger partial charge on any atom is 0.316 e. The van der Waals surface area contributed by atoms with Crippen molar-refractivity contribution in [3.05, 3.63) is 29.3 Å². The third kappa shape index (κ3) is 4.78. The number of anilines is 1. The molecule has 6 nitrogen and oxygen atoms in total. The Morgan fingerprint density at radius 3 is 2.29 bits per heavy atom. The van der Waals surface area contributed by atoms with E-state index in [-0.39, 0.29) is 23.4 Å². The van der Waals surface area contributed by atoms with Gasteiger partial charge < -0.3 is 15.5 Å². The van der Waals surface area contributed by atoms with Crippen molar-refractivity contribution >= 4 is 29.1 Å². The highest BCUT2D eigenvalue weighted by molar-refractivity contribution is 6.30. The summed E-state index contributed by atoms with van der Waals surface area (Å²) in [6, 6.07) is 7.51. The van der Waals surface area contributed by atoms with Crippen LogP contribution in [0.5, 0.6) is 0 Å². The Bertz CT molecular complexity index is 705. The summed E-state index contributed by atoms with van der Waals surface area (Å²) in [5.41, 5.74) is -0.134. The fourth-order valence-corrected chi connectivity index (χ4v) is 4.14. The van der Waals surface area contributed by atoms with Crippen LogP contribution in [0.15, 0.2) is 24.3 Å². The Hall–Kier alpha value is -1.79. The van der Waals surface area contributed by atoms with Gasteiger partial charge in [-0.3, -0.25) is 9.69 Å². The maximum atomic E-state index is 12.7. The van der Waals surface area contributed by atoms with Gasteiger partial charge in [0.25, 0.3) is 0 Å². The average molecular weight is 409 g/mol. The summed E-state index contributed by atoms with van der Waals surface area (Å²) in [6.07, 6.45) is 0.505. The lowest BCUT2D eigenvalue weighted by Gasteiger charge is -2.53. The molecule has 1 aromatic rings. The normalized spacial score (nSPS) is 19.2. The quantitative estimate of drug-likeness (QED) is 0.754. The largest absolute Gasteiger partial charge is 0.364 e. The Balaban J connectivity index is 2.26. The first kappa shape index (κ1) is 22.5. The smallest absolute Gasteiger partial charge is 0.316 e. The van der Waals surface area contributed by atoms with E-state index in [9.17, 15) is 9.59 Å². The van der Waals surface area contributed by atoms with Crippen LogP contribution in [0.4, 0.5) is 10.5 Å². The van der Waals surface area contributed by atoms with Gasteiger partial charge in [0.05, 0.1) is 0 Å². The summed E-state index contributed by atoms with van der Waals surface area (Å²) in [4.78, 5) is 29.6. The zero-order valence-corrected chi connectivity index (χ0v) is 18.6. The molecule has 1 saturated heterocycles. The van der Waals surface area contributed by atoms with Crippen LogP contribution in [0.3, 0.4) is 0 Å². The number of nitrogens with zero attached hydrogens (tertiary/aromatic N) is 2. The first-order valence-corrected chi connectivity index (χ1v) is 10.3. The minimum Gasteiger partial charge on any atom is -0.364 e. The lowest BCUT2D eigenvalue weighted by molar-refractivity contribution is -0.132. The molecule has 1 atom stereocenters. The van der Waals surface area contributed by atoms with Gasteiger partial charge in [0.1, 0.15) is 0 Å². The number of benzene rings is 1. The fraction of sp³-hybridized carbons (Fsp3) is 0.619. The number of ketones is 1. The molecule has 0 unspecified atom stereocenters. The van der Waals surface area contributed by atoms with Crippen LogP contribution in [-0.2, 0) is 4.79 Å². The summed E-state index contributed by atoms with van der Waals surface area (Å²) in [6.45, 7) is 13.7. The molecule has 7 heteroatoms. The predicted molar refractivity (Wildman–Crippen MR) is 115 cm³/mol. The second kappa shape index (κ2) is 8.70. The number of piperazine rings is 1. The summed E-state index contributed by atoms with van der Waals surface area (Å²) < 4.78 is 0. The average Bonchev–Trinajstić information content (AvgIpc) is 2.59. The molecular formula is C21H33ClN4O2. The standard InChI is InChI=1S/C21H33ClN4O2/c1-7-21(16(4)27,24-19(28)23-15(2)3)25-12-13-26(20(5,6)14-25)18-10-8-17(22)9-11-18/h8-11,15H,7,12-14H2,1-6H3,(H2,23,24,28)/t21-/m1/s1. The molecule has 28 heavy (non-hydrogen) atoms. The van der Waals surface area contributed by atoms with Gasteiger partial charge in [0, 0.05) is 41.9 Å². The second-order valence-corrected chi connectivity index (χ2v) is 8.82. The van der Waals surface area contributed by atoms with Crippen molar-refractivity contribution < 1.29 is 9.59 Å². The van der Waals surface area contributed by atoms with Gasteiger partial charge in [0.2, 0.25) is 0 Å². The SMILES string of the molecule is CC[C@](NC(=O)NC(C)C)(C(C)=O)N1CCN(c2ccc(Cl)cc2)C(C)(C)C1. The van der Waals surface area contributed by atoms with E-state index in [0.717, 1.165) is 12.2 Å². The number of carbonyl (C=O) groups excluding carboxylic acids is 2. The van der Waals surface area contributed by atoms with E-state index in [1.165, 1.54) is 0 Å². The molecule has 1 aliphatic rings. The van der Waals surface area contributed by atoms with E-state index in [1.807, 2.05) is 45.0 Å². The Kier molecular flexibility index (Phi) is 6.99. The van der Waals surface area contributed by atoms with Gasteiger partial charge in [-0.05, 0) is 65.3 Å². The topological polar surface area (TPSA) is 64.7 Å².